The molecule has 2 saturated heterocycles. The summed E-state index contributed by atoms with van der Waals surface area (Å²) in [6, 6.07) is 0. The van der Waals surface area contributed by atoms with Gasteiger partial charge in [0.2, 0.25) is 10.0 Å². The second-order valence-electron chi connectivity index (χ2n) is 5.04. The molecular formula is C10H20N2O4S2. The lowest BCUT2D eigenvalue weighted by Crippen LogP contribution is -2.46. The zero-order chi connectivity index (χ0) is 13.2. The SMILES string of the molecule is O=S1(=O)CCN(S(=O)(=O)CC2CCCNC2)CC1. The summed E-state index contributed by atoms with van der Waals surface area (Å²) in [4.78, 5) is 0. The summed E-state index contributed by atoms with van der Waals surface area (Å²) in [5.41, 5.74) is 0. The van der Waals surface area contributed by atoms with E-state index in [2.05, 4.69) is 5.32 Å². The molecule has 1 atom stereocenters. The maximum atomic E-state index is 12.2. The zero-order valence-electron chi connectivity index (χ0n) is 10.3. The fourth-order valence-electron chi connectivity index (χ4n) is 2.44. The van der Waals surface area contributed by atoms with Crippen molar-refractivity contribution in [3.05, 3.63) is 0 Å². The van der Waals surface area contributed by atoms with E-state index >= 15 is 0 Å². The van der Waals surface area contributed by atoms with Gasteiger partial charge in [-0.05, 0) is 31.8 Å². The standard InChI is InChI=1S/C10H20N2O4S2/c13-17(14)6-4-12(5-7-17)18(15,16)9-10-2-1-3-11-8-10/h10-11H,1-9H2. The number of piperidine rings is 1. The average Bonchev–Trinajstić information content (AvgIpc) is 2.29. The third-order valence-corrected chi connectivity index (χ3v) is 7.20. The molecule has 0 aliphatic carbocycles. The number of sulfonamides is 1. The summed E-state index contributed by atoms with van der Waals surface area (Å²) in [7, 11) is -6.33. The van der Waals surface area contributed by atoms with E-state index < -0.39 is 19.9 Å². The van der Waals surface area contributed by atoms with Crippen LogP contribution in [-0.4, -0.2) is 64.6 Å². The monoisotopic (exact) mass is 296 g/mol. The minimum absolute atomic E-state index is 0.0465. The quantitative estimate of drug-likeness (QED) is 0.726. The second kappa shape index (κ2) is 5.44. The van der Waals surface area contributed by atoms with Gasteiger partial charge in [0, 0.05) is 13.1 Å². The predicted octanol–water partition coefficient (Wildman–Crippen LogP) is -0.954. The number of nitrogens with zero attached hydrogens (tertiary/aromatic N) is 1. The van der Waals surface area contributed by atoms with Gasteiger partial charge in [0.15, 0.2) is 9.84 Å². The summed E-state index contributed by atoms with van der Waals surface area (Å²) in [6.45, 7) is 1.93. The van der Waals surface area contributed by atoms with Crippen molar-refractivity contribution in [3.63, 3.8) is 0 Å². The molecule has 0 aromatic heterocycles. The van der Waals surface area contributed by atoms with E-state index in [1.165, 1.54) is 4.31 Å². The van der Waals surface area contributed by atoms with Gasteiger partial charge >= 0.3 is 0 Å². The Morgan fingerprint density at radius 3 is 2.44 bits per heavy atom. The van der Waals surface area contributed by atoms with E-state index in [0.29, 0.717) is 0 Å². The van der Waals surface area contributed by atoms with Crippen molar-refractivity contribution in [1.82, 2.24) is 9.62 Å². The van der Waals surface area contributed by atoms with Gasteiger partial charge in [0.05, 0.1) is 17.3 Å². The molecule has 2 aliphatic rings. The van der Waals surface area contributed by atoms with Crippen LogP contribution in [0.25, 0.3) is 0 Å². The number of sulfone groups is 1. The van der Waals surface area contributed by atoms with Crippen molar-refractivity contribution in [2.45, 2.75) is 12.8 Å². The van der Waals surface area contributed by atoms with Crippen molar-refractivity contribution in [3.8, 4) is 0 Å². The molecule has 106 valence electrons. The molecule has 0 spiro atoms. The molecule has 0 aromatic rings. The van der Waals surface area contributed by atoms with E-state index in [9.17, 15) is 16.8 Å². The van der Waals surface area contributed by atoms with Crippen LogP contribution in [0, 0.1) is 5.92 Å². The Morgan fingerprint density at radius 1 is 1.22 bits per heavy atom. The summed E-state index contributed by atoms with van der Waals surface area (Å²) in [5.74, 6) is 0.201. The van der Waals surface area contributed by atoms with Gasteiger partial charge < -0.3 is 5.32 Å². The van der Waals surface area contributed by atoms with Crippen LogP contribution in [0.5, 0.6) is 0 Å². The number of hydrogen-bond donors (Lipinski definition) is 1. The first-order valence-corrected chi connectivity index (χ1v) is 9.71. The topological polar surface area (TPSA) is 83.6 Å². The van der Waals surface area contributed by atoms with Gasteiger partial charge in [-0.3, -0.25) is 0 Å². The van der Waals surface area contributed by atoms with Crippen molar-refractivity contribution in [2.24, 2.45) is 5.92 Å². The molecule has 8 heteroatoms. The van der Waals surface area contributed by atoms with E-state index in [0.717, 1.165) is 25.9 Å². The van der Waals surface area contributed by atoms with Crippen molar-refractivity contribution >= 4 is 19.9 Å². The van der Waals surface area contributed by atoms with Gasteiger partial charge in [-0.25, -0.2) is 16.8 Å². The molecule has 2 aliphatic heterocycles. The lowest BCUT2D eigenvalue weighted by Gasteiger charge is -2.29. The number of nitrogens with one attached hydrogen (secondary N) is 1. The van der Waals surface area contributed by atoms with Crippen LogP contribution in [0.4, 0.5) is 0 Å². The van der Waals surface area contributed by atoms with Crippen LogP contribution in [0.15, 0.2) is 0 Å². The van der Waals surface area contributed by atoms with E-state index in [1.54, 1.807) is 0 Å². The third kappa shape index (κ3) is 3.66. The highest BCUT2D eigenvalue weighted by Crippen LogP contribution is 2.17. The van der Waals surface area contributed by atoms with Crippen LogP contribution in [0.3, 0.4) is 0 Å². The van der Waals surface area contributed by atoms with Gasteiger partial charge in [-0.15, -0.1) is 0 Å². The summed E-state index contributed by atoms with van der Waals surface area (Å²) >= 11 is 0. The van der Waals surface area contributed by atoms with E-state index in [1.807, 2.05) is 0 Å². The highest BCUT2D eigenvalue weighted by molar-refractivity contribution is 7.92. The minimum Gasteiger partial charge on any atom is -0.316 e. The molecule has 0 radical (unpaired) electrons. The molecule has 0 amide bonds. The first-order chi connectivity index (χ1) is 8.39. The van der Waals surface area contributed by atoms with Gasteiger partial charge in [0.1, 0.15) is 0 Å². The molecule has 1 unspecified atom stereocenters. The molecule has 1 N–H and O–H groups in total. The van der Waals surface area contributed by atoms with Crippen molar-refractivity contribution < 1.29 is 16.8 Å². The van der Waals surface area contributed by atoms with Crippen LogP contribution < -0.4 is 5.32 Å². The zero-order valence-corrected chi connectivity index (χ0v) is 12.0. The molecule has 6 nitrogen and oxygen atoms in total. The summed E-state index contributed by atoms with van der Waals surface area (Å²) in [5, 5.41) is 3.19. The number of hydrogen-bond acceptors (Lipinski definition) is 5. The Balaban J connectivity index is 1.94. The van der Waals surface area contributed by atoms with Crippen LogP contribution >= 0.6 is 0 Å². The van der Waals surface area contributed by atoms with E-state index in [-0.39, 0.29) is 36.3 Å². The highest BCUT2D eigenvalue weighted by Gasteiger charge is 2.32. The first kappa shape index (κ1) is 14.2. The van der Waals surface area contributed by atoms with Gasteiger partial charge in [0.25, 0.3) is 0 Å². The smallest absolute Gasteiger partial charge is 0.214 e. The van der Waals surface area contributed by atoms with Crippen LogP contribution in [0.2, 0.25) is 0 Å². The Morgan fingerprint density at radius 2 is 1.89 bits per heavy atom. The molecule has 0 bridgehead atoms. The Bertz CT molecular complexity index is 466. The summed E-state index contributed by atoms with van der Waals surface area (Å²) in [6.07, 6.45) is 1.94. The largest absolute Gasteiger partial charge is 0.316 e. The van der Waals surface area contributed by atoms with E-state index in [4.69, 9.17) is 0 Å². The average molecular weight is 296 g/mol. The second-order valence-corrected chi connectivity index (χ2v) is 9.36. The highest BCUT2D eigenvalue weighted by atomic mass is 32.2. The lowest BCUT2D eigenvalue weighted by atomic mass is 10.0. The molecule has 2 rings (SSSR count). The number of rotatable bonds is 3. The van der Waals surface area contributed by atoms with Gasteiger partial charge in [-0.2, -0.15) is 4.31 Å². The third-order valence-electron chi connectivity index (χ3n) is 3.54. The maximum Gasteiger partial charge on any atom is 0.214 e. The Kier molecular flexibility index (Phi) is 4.30. The maximum absolute atomic E-state index is 12.2. The fourth-order valence-corrected chi connectivity index (χ4v) is 5.71. The predicted molar refractivity (Wildman–Crippen MR) is 69.6 cm³/mol. The molecule has 2 heterocycles. The molecule has 0 aromatic carbocycles. The normalized spacial score (nSPS) is 30.1. The van der Waals surface area contributed by atoms with Gasteiger partial charge in [-0.1, -0.05) is 0 Å². The molecule has 18 heavy (non-hydrogen) atoms. The molecule has 2 fully saturated rings. The summed E-state index contributed by atoms with van der Waals surface area (Å²) < 4.78 is 48.2. The van der Waals surface area contributed by atoms with Crippen LogP contribution in [-0.2, 0) is 19.9 Å². The minimum atomic E-state index is -3.30. The molecule has 0 saturated carbocycles. The van der Waals surface area contributed by atoms with Crippen LogP contribution in [0.1, 0.15) is 12.8 Å². The Hall–Kier alpha value is -0.180. The first-order valence-electron chi connectivity index (χ1n) is 6.28. The fraction of sp³-hybridized carbons (Fsp3) is 1.00. The Labute approximate surface area is 109 Å². The van der Waals surface area contributed by atoms with Crippen molar-refractivity contribution in [1.29, 1.82) is 0 Å². The van der Waals surface area contributed by atoms with Crippen molar-refractivity contribution in [2.75, 3.05) is 43.4 Å². The molecular weight excluding hydrogens is 276 g/mol. The lowest BCUT2D eigenvalue weighted by molar-refractivity contribution is 0.384.